The van der Waals surface area contributed by atoms with Crippen molar-refractivity contribution in [3.63, 3.8) is 0 Å². The maximum atomic E-state index is 11.9. The van der Waals surface area contributed by atoms with Crippen LogP contribution in [0.3, 0.4) is 0 Å². The number of benzene rings is 1. The molecule has 0 fully saturated rings. The summed E-state index contributed by atoms with van der Waals surface area (Å²) in [5.74, 6) is -1.18. The highest BCUT2D eigenvalue weighted by Gasteiger charge is 2.16. The van der Waals surface area contributed by atoms with Gasteiger partial charge >= 0.3 is 5.97 Å². The van der Waals surface area contributed by atoms with Gasteiger partial charge in [0.1, 0.15) is 0 Å². The lowest BCUT2D eigenvalue weighted by Gasteiger charge is -2.11. The van der Waals surface area contributed by atoms with E-state index in [-0.39, 0.29) is 23.8 Å². The second-order valence-electron chi connectivity index (χ2n) is 4.01. The van der Waals surface area contributed by atoms with Crippen molar-refractivity contribution in [3.8, 4) is 0 Å². The number of carbonyl (C=O) groups is 1. The van der Waals surface area contributed by atoms with Crippen LogP contribution in [0.5, 0.6) is 0 Å². The molecule has 7 heteroatoms. The average Bonchev–Trinajstić information content (AvgIpc) is 2.26. The molecule has 0 aliphatic heterocycles. The lowest BCUT2D eigenvalue weighted by molar-refractivity contribution is -0.137. The molecule has 0 heterocycles. The average molecular weight is 383 g/mol. The van der Waals surface area contributed by atoms with Crippen molar-refractivity contribution in [1.82, 2.24) is 4.72 Å². The highest BCUT2D eigenvalue weighted by molar-refractivity contribution is 14.1. The highest BCUT2D eigenvalue weighted by atomic mass is 127. The molecule has 5 nitrogen and oxygen atoms in total. The summed E-state index contributed by atoms with van der Waals surface area (Å²) in [6, 6.07) is 6.45. The van der Waals surface area contributed by atoms with Crippen LogP contribution < -0.4 is 4.72 Å². The molecule has 1 aromatic carbocycles. The van der Waals surface area contributed by atoms with Gasteiger partial charge in [0, 0.05) is 16.5 Å². The molecule has 0 amide bonds. The molecule has 1 aromatic rings. The fourth-order valence-corrected chi connectivity index (χ4v) is 2.84. The summed E-state index contributed by atoms with van der Waals surface area (Å²) in [4.78, 5) is 10.6. The van der Waals surface area contributed by atoms with Gasteiger partial charge in [-0.15, -0.1) is 0 Å². The number of halogens is 1. The van der Waals surface area contributed by atoms with Gasteiger partial charge in [-0.05, 0) is 52.8 Å². The summed E-state index contributed by atoms with van der Waals surface area (Å²) in [6.45, 7) is 1.80. The summed E-state index contributed by atoms with van der Waals surface area (Å²) < 4.78 is 27.1. The summed E-state index contributed by atoms with van der Waals surface area (Å²) in [6.07, 6.45) is -0.0603. The maximum Gasteiger partial charge on any atom is 0.303 e. The molecule has 0 saturated heterocycles. The minimum absolute atomic E-state index is 0.0603. The monoisotopic (exact) mass is 383 g/mol. The molecule has 0 spiro atoms. The van der Waals surface area contributed by atoms with Gasteiger partial charge in [0.05, 0.1) is 4.90 Å². The predicted octanol–water partition coefficient (Wildman–Crippen LogP) is 1.68. The van der Waals surface area contributed by atoms with Crippen LogP contribution >= 0.6 is 22.6 Å². The summed E-state index contributed by atoms with van der Waals surface area (Å²) in [5, 5.41) is 8.58. The number of aliphatic carboxylic acids is 1. The van der Waals surface area contributed by atoms with Gasteiger partial charge in [-0.3, -0.25) is 4.79 Å². The molecule has 0 radical (unpaired) electrons. The maximum absolute atomic E-state index is 11.9. The zero-order chi connectivity index (χ0) is 13.8. The Morgan fingerprint density at radius 2 is 1.94 bits per heavy atom. The summed E-state index contributed by atoms with van der Waals surface area (Å²) >= 11 is 2.09. The minimum Gasteiger partial charge on any atom is -0.481 e. The van der Waals surface area contributed by atoms with Crippen LogP contribution in [0, 0.1) is 9.49 Å². The number of carboxylic acids is 1. The summed E-state index contributed by atoms with van der Waals surface area (Å²) in [7, 11) is -3.55. The van der Waals surface area contributed by atoms with Gasteiger partial charge in [0.15, 0.2) is 0 Å². The van der Waals surface area contributed by atoms with Crippen LogP contribution in [0.1, 0.15) is 13.3 Å². The van der Waals surface area contributed by atoms with E-state index in [1.165, 1.54) is 12.1 Å². The first-order valence-corrected chi connectivity index (χ1v) is 7.84. The standard InChI is InChI=1S/C11H14INO4S/c1-8(6-11(14)15)7-13-18(16,17)10-4-2-9(12)3-5-10/h2-5,8,13H,6-7H2,1H3,(H,14,15). The second kappa shape index (κ2) is 6.48. The number of hydrogen-bond donors (Lipinski definition) is 2. The van der Waals surface area contributed by atoms with Crippen molar-refractivity contribution < 1.29 is 18.3 Å². The first-order chi connectivity index (χ1) is 8.31. The van der Waals surface area contributed by atoms with E-state index in [2.05, 4.69) is 27.3 Å². The molecule has 1 atom stereocenters. The molecule has 1 rings (SSSR count). The van der Waals surface area contributed by atoms with E-state index in [0.717, 1.165) is 3.57 Å². The Hall–Kier alpha value is -0.670. The van der Waals surface area contributed by atoms with Gasteiger partial charge in [-0.25, -0.2) is 13.1 Å². The zero-order valence-corrected chi connectivity index (χ0v) is 12.7. The van der Waals surface area contributed by atoms with Crippen molar-refractivity contribution in [3.05, 3.63) is 27.8 Å². The SMILES string of the molecule is CC(CNS(=O)(=O)c1ccc(I)cc1)CC(=O)O. The minimum atomic E-state index is -3.55. The number of sulfonamides is 1. The third-order valence-corrected chi connectivity index (χ3v) is 4.43. The van der Waals surface area contributed by atoms with Crippen molar-refractivity contribution >= 4 is 38.6 Å². The number of carboxylic acid groups (broad SMARTS) is 1. The molecular formula is C11H14INO4S. The van der Waals surface area contributed by atoms with Crippen molar-refractivity contribution in [2.45, 2.75) is 18.2 Å². The Morgan fingerprint density at radius 1 is 1.39 bits per heavy atom. The fraction of sp³-hybridized carbons (Fsp3) is 0.364. The van der Waals surface area contributed by atoms with Crippen molar-refractivity contribution in [2.75, 3.05) is 6.54 Å². The van der Waals surface area contributed by atoms with Crippen LogP contribution in [0.4, 0.5) is 0 Å². The van der Waals surface area contributed by atoms with Crippen LogP contribution in [0.15, 0.2) is 29.2 Å². The first-order valence-electron chi connectivity index (χ1n) is 5.28. The van der Waals surface area contributed by atoms with E-state index in [9.17, 15) is 13.2 Å². The molecule has 18 heavy (non-hydrogen) atoms. The molecule has 0 aliphatic rings. The first kappa shape index (κ1) is 15.4. The van der Waals surface area contributed by atoms with Crippen LogP contribution in [-0.2, 0) is 14.8 Å². The third-order valence-electron chi connectivity index (χ3n) is 2.27. The molecule has 0 aromatic heterocycles. The Bertz CT molecular complexity index is 512. The van der Waals surface area contributed by atoms with E-state index in [0.29, 0.717) is 0 Å². The van der Waals surface area contributed by atoms with Gasteiger partial charge < -0.3 is 5.11 Å². The largest absolute Gasteiger partial charge is 0.481 e. The number of hydrogen-bond acceptors (Lipinski definition) is 3. The van der Waals surface area contributed by atoms with Crippen molar-refractivity contribution in [2.24, 2.45) is 5.92 Å². The number of rotatable bonds is 6. The molecule has 100 valence electrons. The predicted molar refractivity (Wildman–Crippen MR) is 75.8 cm³/mol. The lowest BCUT2D eigenvalue weighted by atomic mass is 10.1. The Balaban J connectivity index is 2.65. The smallest absolute Gasteiger partial charge is 0.303 e. The molecule has 0 bridgehead atoms. The van der Waals surface area contributed by atoms with E-state index >= 15 is 0 Å². The zero-order valence-electron chi connectivity index (χ0n) is 9.76. The van der Waals surface area contributed by atoms with Crippen LogP contribution in [0.2, 0.25) is 0 Å². The Kier molecular flexibility index (Phi) is 5.54. The van der Waals surface area contributed by atoms with Crippen LogP contribution in [-0.4, -0.2) is 26.0 Å². The molecule has 2 N–H and O–H groups in total. The van der Waals surface area contributed by atoms with Gasteiger partial charge in [-0.2, -0.15) is 0 Å². The van der Waals surface area contributed by atoms with E-state index in [1.54, 1.807) is 19.1 Å². The van der Waals surface area contributed by atoms with E-state index < -0.39 is 16.0 Å². The normalized spacial score (nSPS) is 13.2. The van der Waals surface area contributed by atoms with Gasteiger partial charge in [0.25, 0.3) is 0 Å². The quantitative estimate of drug-likeness (QED) is 0.733. The number of nitrogens with one attached hydrogen (secondary N) is 1. The molecule has 0 saturated carbocycles. The summed E-state index contributed by atoms with van der Waals surface area (Å²) in [5.41, 5.74) is 0. The molecule has 1 unspecified atom stereocenters. The van der Waals surface area contributed by atoms with Gasteiger partial charge in [0.2, 0.25) is 10.0 Å². The Morgan fingerprint density at radius 3 is 2.44 bits per heavy atom. The fourth-order valence-electron chi connectivity index (χ4n) is 1.32. The van der Waals surface area contributed by atoms with Crippen molar-refractivity contribution in [1.29, 1.82) is 0 Å². The topological polar surface area (TPSA) is 83.5 Å². The van der Waals surface area contributed by atoms with E-state index in [1.807, 2.05) is 0 Å². The highest BCUT2D eigenvalue weighted by Crippen LogP contribution is 2.12. The third kappa shape index (κ3) is 4.91. The van der Waals surface area contributed by atoms with Gasteiger partial charge in [-0.1, -0.05) is 6.92 Å². The van der Waals surface area contributed by atoms with Crippen LogP contribution in [0.25, 0.3) is 0 Å². The van der Waals surface area contributed by atoms with E-state index in [4.69, 9.17) is 5.11 Å². The lowest BCUT2D eigenvalue weighted by Crippen LogP contribution is -2.29. The molecular weight excluding hydrogens is 369 g/mol. The molecule has 0 aliphatic carbocycles. The Labute approximate surface area is 120 Å². The second-order valence-corrected chi connectivity index (χ2v) is 7.02.